The maximum atomic E-state index is 5.49. The number of hydrogen-bond donors (Lipinski definition) is 1. The molecule has 1 aliphatic carbocycles. The molecule has 0 heterocycles. The Morgan fingerprint density at radius 1 is 1.29 bits per heavy atom. The molecule has 4 nitrogen and oxygen atoms in total. The second kappa shape index (κ2) is 8.37. The number of nitrogens with one attached hydrogen (secondary N) is 1. The van der Waals surface area contributed by atoms with Crippen LogP contribution in [0.2, 0.25) is 0 Å². The summed E-state index contributed by atoms with van der Waals surface area (Å²) >= 11 is 0. The number of methoxy groups -OCH3 is 2. The van der Waals surface area contributed by atoms with E-state index in [9.17, 15) is 0 Å². The molecule has 0 unspecified atom stereocenters. The Morgan fingerprint density at radius 3 is 2.76 bits per heavy atom. The van der Waals surface area contributed by atoms with Crippen LogP contribution < -0.4 is 10.1 Å². The van der Waals surface area contributed by atoms with Gasteiger partial charge in [0.1, 0.15) is 5.75 Å². The van der Waals surface area contributed by atoms with Gasteiger partial charge >= 0.3 is 0 Å². The van der Waals surface area contributed by atoms with E-state index in [1.54, 1.807) is 14.2 Å². The van der Waals surface area contributed by atoms with Gasteiger partial charge in [0.2, 0.25) is 0 Å². The van der Waals surface area contributed by atoms with Crippen molar-refractivity contribution < 1.29 is 9.47 Å². The zero-order chi connectivity index (χ0) is 15.1. The summed E-state index contributed by atoms with van der Waals surface area (Å²) in [6, 6.07) is 7.25. The topological polar surface area (TPSA) is 33.7 Å². The third-order valence-corrected chi connectivity index (χ3v) is 3.85. The van der Waals surface area contributed by atoms with Gasteiger partial charge in [0.05, 0.1) is 7.11 Å². The van der Waals surface area contributed by atoms with Gasteiger partial charge in [0, 0.05) is 45.0 Å². The van der Waals surface area contributed by atoms with Crippen molar-refractivity contribution in [1.29, 1.82) is 0 Å². The van der Waals surface area contributed by atoms with Gasteiger partial charge in [-0.2, -0.15) is 0 Å². The number of rotatable bonds is 10. The van der Waals surface area contributed by atoms with Crippen molar-refractivity contribution in [3.8, 4) is 5.75 Å². The van der Waals surface area contributed by atoms with Gasteiger partial charge in [-0.15, -0.1) is 0 Å². The van der Waals surface area contributed by atoms with Crippen LogP contribution in [0, 0.1) is 0 Å². The minimum Gasteiger partial charge on any atom is -0.496 e. The van der Waals surface area contributed by atoms with Crippen LogP contribution in [0.1, 0.15) is 30.4 Å². The zero-order valence-electron chi connectivity index (χ0n) is 13.5. The molecule has 118 valence electrons. The van der Waals surface area contributed by atoms with Crippen molar-refractivity contribution >= 4 is 0 Å². The third kappa shape index (κ3) is 5.65. The van der Waals surface area contributed by atoms with E-state index in [-0.39, 0.29) is 0 Å². The lowest BCUT2D eigenvalue weighted by molar-refractivity contribution is 0.178. The molecule has 2 rings (SSSR count). The van der Waals surface area contributed by atoms with Crippen LogP contribution in [0.15, 0.2) is 18.2 Å². The molecule has 21 heavy (non-hydrogen) atoms. The first-order valence-corrected chi connectivity index (χ1v) is 7.79. The number of nitrogens with zero attached hydrogens (tertiary/aromatic N) is 1. The van der Waals surface area contributed by atoms with Crippen LogP contribution in [-0.2, 0) is 17.8 Å². The van der Waals surface area contributed by atoms with Gasteiger partial charge in [-0.25, -0.2) is 0 Å². The van der Waals surface area contributed by atoms with E-state index in [0.717, 1.165) is 44.5 Å². The molecule has 0 spiro atoms. The van der Waals surface area contributed by atoms with Gasteiger partial charge in [-0.3, -0.25) is 0 Å². The molecule has 0 atom stereocenters. The highest BCUT2D eigenvalue weighted by Gasteiger charge is 2.20. The van der Waals surface area contributed by atoms with E-state index in [4.69, 9.17) is 9.47 Å². The van der Waals surface area contributed by atoms with Crippen molar-refractivity contribution in [1.82, 2.24) is 10.2 Å². The lowest BCUT2D eigenvalue weighted by Crippen LogP contribution is -2.21. The van der Waals surface area contributed by atoms with Gasteiger partial charge in [-0.1, -0.05) is 6.07 Å². The molecule has 1 fully saturated rings. The van der Waals surface area contributed by atoms with E-state index in [0.29, 0.717) is 0 Å². The van der Waals surface area contributed by atoms with Crippen molar-refractivity contribution in [3.05, 3.63) is 29.3 Å². The maximum Gasteiger partial charge on any atom is 0.123 e. The van der Waals surface area contributed by atoms with Crippen molar-refractivity contribution in [2.45, 2.75) is 38.4 Å². The van der Waals surface area contributed by atoms with E-state index < -0.39 is 0 Å². The van der Waals surface area contributed by atoms with E-state index in [1.807, 2.05) is 0 Å². The Balaban J connectivity index is 1.92. The Morgan fingerprint density at radius 2 is 2.10 bits per heavy atom. The van der Waals surface area contributed by atoms with Crippen molar-refractivity contribution in [2.24, 2.45) is 0 Å². The number of benzene rings is 1. The smallest absolute Gasteiger partial charge is 0.123 e. The maximum absolute atomic E-state index is 5.49. The zero-order valence-corrected chi connectivity index (χ0v) is 13.5. The predicted molar refractivity (Wildman–Crippen MR) is 85.7 cm³/mol. The molecule has 1 aromatic rings. The Hall–Kier alpha value is -1.10. The largest absolute Gasteiger partial charge is 0.496 e. The van der Waals surface area contributed by atoms with Crippen molar-refractivity contribution in [2.75, 3.05) is 34.4 Å². The first kappa shape index (κ1) is 16.3. The van der Waals surface area contributed by atoms with Gasteiger partial charge in [-0.05, 0) is 44.0 Å². The summed E-state index contributed by atoms with van der Waals surface area (Å²) in [6.45, 7) is 3.70. The first-order valence-electron chi connectivity index (χ1n) is 7.79. The minimum atomic E-state index is 0.743. The quantitative estimate of drug-likeness (QED) is 0.672. The standard InChI is InChI=1S/C17H28N2O2/c1-19(9-4-10-20-2)13-15-11-14(5-8-17(15)21-3)12-18-16-6-7-16/h5,8,11,16,18H,4,6-7,9-10,12-13H2,1-3H3. The second-order valence-corrected chi connectivity index (χ2v) is 5.89. The van der Waals surface area contributed by atoms with Crippen LogP contribution in [0.25, 0.3) is 0 Å². The molecule has 0 radical (unpaired) electrons. The molecule has 0 aromatic heterocycles. The molecular weight excluding hydrogens is 264 g/mol. The van der Waals surface area contributed by atoms with Gasteiger partial charge in [0.25, 0.3) is 0 Å². The highest BCUT2D eigenvalue weighted by atomic mass is 16.5. The highest BCUT2D eigenvalue weighted by Crippen LogP contribution is 2.23. The molecule has 4 heteroatoms. The molecule has 1 aliphatic rings. The molecule has 1 saturated carbocycles. The summed E-state index contributed by atoms with van der Waals surface area (Å²) in [7, 11) is 5.63. The molecule has 0 aliphatic heterocycles. The van der Waals surface area contributed by atoms with Crippen LogP contribution >= 0.6 is 0 Å². The van der Waals surface area contributed by atoms with Crippen LogP contribution in [0.4, 0.5) is 0 Å². The SMILES string of the molecule is COCCCN(C)Cc1cc(CNC2CC2)ccc1OC. The first-order chi connectivity index (χ1) is 10.2. The lowest BCUT2D eigenvalue weighted by Gasteiger charge is -2.19. The van der Waals surface area contributed by atoms with E-state index >= 15 is 0 Å². The Labute approximate surface area is 128 Å². The predicted octanol–water partition coefficient (Wildman–Crippen LogP) is 2.42. The second-order valence-electron chi connectivity index (χ2n) is 5.89. The molecule has 1 N–H and O–H groups in total. The summed E-state index contributed by atoms with van der Waals surface area (Å²) < 4.78 is 10.6. The minimum absolute atomic E-state index is 0.743. The van der Waals surface area contributed by atoms with Crippen LogP contribution in [-0.4, -0.2) is 45.4 Å². The summed E-state index contributed by atoms with van der Waals surface area (Å²) in [4.78, 5) is 2.31. The van der Waals surface area contributed by atoms with E-state index in [2.05, 4.69) is 35.5 Å². The summed E-state index contributed by atoms with van der Waals surface area (Å²) in [5.74, 6) is 0.976. The monoisotopic (exact) mass is 292 g/mol. The fourth-order valence-corrected chi connectivity index (χ4v) is 2.46. The molecule has 1 aromatic carbocycles. The molecule has 0 amide bonds. The van der Waals surface area contributed by atoms with Crippen LogP contribution in [0.3, 0.4) is 0 Å². The molecular formula is C17H28N2O2. The molecule has 0 bridgehead atoms. The van der Waals surface area contributed by atoms with Gasteiger partial charge < -0.3 is 19.7 Å². The summed E-state index contributed by atoms with van der Waals surface area (Å²) in [5.41, 5.74) is 2.59. The lowest BCUT2D eigenvalue weighted by atomic mass is 10.1. The fourth-order valence-electron chi connectivity index (χ4n) is 2.46. The van der Waals surface area contributed by atoms with E-state index in [1.165, 1.54) is 24.0 Å². The normalized spacial score (nSPS) is 14.7. The van der Waals surface area contributed by atoms with Crippen molar-refractivity contribution in [3.63, 3.8) is 0 Å². The molecule has 0 saturated heterocycles. The average Bonchev–Trinajstić information content (AvgIpc) is 3.30. The Kier molecular flexibility index (Phi) is 6.49. The Bertz CT molecular complexity index is 433. The average molecular weight is 292 g/mol. The summed E-state index contributed by atoms with van der Waals surface area (Å²) in [5, 5.41) is 3.56. The van der Waals surface area contributed by atoms with Crippen LogP contribution in [0.5, 0.6) is 5.75 Å². The number of ether oxygens (including phenoxy) is 2. The summed E-state index contributed by atoms with van der Waals surface area (Å²) in [6.07, 6.45) is 3.70. The van der Waals surface area contributed by atoms with Gasteiger partial charge in [0.15, 0.2) is 0 Å². The third-order valence-electron chi connectivity index (χ3n) is 3.85. The fraction of sp³-hybridized carbons (Fsp3) is 0.647. The highest BCUT2D eigenvalue weighted by molar-refractivity contribution is 5.37. The number of hydrogen-bond acceptors (Lipinski definition) is 4.